The SMILES string of the molecule is O=[N+]([O-])c1cc2c(Nc3ccc(P)c(Cl)c3)ncnc2cc1P. The van der Waals surface area contributed by atoms with Crippen molar-refractivity contribution < 1.29 is 4.92 Å². The molecule has 2 aromatic carbocycles. The lowest BCUT2D eigenvalue weighted by Crippen LogP contribution is -2.04. The van der Waals surface area contributed by atoms with Crippen molar-refractivity contribution in [3.63, 3.8) is 0 Å². The van der Waals surface area contributed by atoms with E-state index in [4.69, 9.17) is 11.6 Å². The third-order valence-corrected chi connectivity index (χ3v) is 4.72. The zero-order valence-corrected chi connectivity index (χ0v) is 14.7. The number of nitrogens with zero attached hydrogens (tertiary/aromatic N) is 3. The van der Waals surface area contributed by atoms with Gasteiger partial charge in [-0.25, -0.2) is 9.97 Å². The fraction of sp³-hybridized carbons (Fsp3) is 0. The Morgan fingerprint density at radius 3 is 2.61 bits per heavy atom. The molecule has 3 rings (SSSR count). The quantitative estimate of drug-likeness (QED) is 0.439. The molecule has 0 saturated heterocycles. The van der Waals surface area contributed by atoms with Gasteiger partial charge in [-0.1, -0.05) is 26.9 Å². The van der Waals surface area contributed by atoms with E-state index in [-0.39, 0.29) is 5.69 Å². The molecule has 1 aromatic heterocycles. The second-order valence-corrected chi connectivity index (χ2v) is 6.42. The zero-order chi connectivity index (χ0) is 16.6. The van der Waals surface area contributed by atoms with Crippen LogP contribution in [0.15, 0.2) is 36.7 Å². The normalized spacial score (nSPS) is 10.7. The Labute approximate surface area is 141 Å². The van der Waals surface area contributed by atoms with Crippen molar-refractivity contribution >= 4 is 68.8 Å². The molecular weight excluding hydrogens is 354 g/mol. The topological polar surface area (TPSA) is 81.0 Å². The number of fused-ring (bicyclic) bond motifs is 1. The van der Waals surface area contributed by atoms with E-state index in [0.717, 1.165) is 11.0 Å². The number of nitro groups is 1. The van der Waals surface area contributed by atoms with E-state index in [1.807, 2.05) is 12.1 Å². The van der Waals surface area contributed by atoms with E-state index in [0.29, 0.717) is 27.0 Å². The molecule has 0 saturated carbocycles. The van der Waals surface area contributed by atoms with Crippen molar-refractivity contribution in [3.8, 4) is 0 Å². The van der Waals surface area contributed by atoms with Gasteiger partial charge >= 0.3 is 0 Å². The number of anilines is 2. The first-order chi connectivity index (χ1) is 11.0. The summed E-state index contributed by atoms with van der Waals surface area (Å²) in [7, 11) is 4.89. The first-order valence-corrected chi connectivity index (χ1v) is 7.99. The van der Waals surface area contributed by atoms with Crippen molar-refractivity contribution in [2.75, 3.05) is 5.32 Å². The van der Waals surface area contributed by atoms with E-state index in [2.05, 4.69) is 33.8 Å². The number of aromatic nitrogens is 2. The van der Waals surface area contributed by atoms with Crippen LogP contribution in [0.2, 0.25) is 5.02 Å². The van der Waals surface area contributed by atoms with Crippen LogP contribution in [0.5, 0.6) is 0 Å². The van der Waals surface area contributed by atoms with Gasteiger partial charge in [0.05, 0.1) is 10.4 Å². The molecule has 0 aliphatic heterocycles. The molecule has 0 radical (unpaired) electrons. The summed E-state index contributed by atoms with van der Waals surface area (Å²) in [5.74, 6) is 0.482. The summed E-state index contributed by atoms with van der Waals surface area (Å²) < 4.78 is 0. The van der Waals surface area contributed by atoms with Gasteiger partial charge in [0, 0.05) is 27.5 Å². The molecule has 1 heterocycles. The Bertz CT molecular complexity index is 936. The van der Waals surface area contributed by atoms with Crippen LogP contribution in [0.1, 0.15) is 0 Å². The van der Waals surface area contributed by atoms with Crippen molar-refractivity contribution in [2.24, 2.45) is 0 Å². The highest BCUT2D eigenvalue weighted by atomic mass is 35.5. The Hall–Kier alpha value is -1.87. The van der Waals surface area contributed by atoms with Crippen LogP contribution in [-0.4, -0.2) is 14.9 Å². The molecule has 0 aliphatic carbocycles. The lowest BCUT2D eigenvalue weighted by atomic mass is 10.2. The first kappa shape index (κ1) is 16.0. The van der Waals surface area contributed by atoms with Crippen LogP contribution < -0.4 is 15.9 Å². The summed E-state index contributed by atoms with van der Waals surface area (Å²) in [6, 6.07) is 8.56. The molecule has 0 aliphatic rings. The molecule has 0 fully saturated rings. The average molecular weight is 365 g/mol. The summed E-state index contributed by atoms with van der Waals surface area (Å²) in [5, 5.41) is 16.8. The summed E-state index contributed by atoms with van der Waals surface area (Å²) in [5.41, 5.74) is 1.35. The lowest BCUT2D eigenvalue weighted by molar-refractivity contribution is -0.383. The zero-order valence-electron chi connectivity index (χ0n) is 11.7. The fourth-order valence-electron chi connectivity index (χ4n) is 2.11. The molecule has 6 nitrogen and oxygen atoms in total. The number of rotatable bonds is 3. The van der Waals surface area contributed by atoms with E-state index in [9.17, 15) is 10.1 Å². The molecule has 3 aromatic rings. The molecule has 9 heteroatoms. The third-order valence-electron chi connectivity index (χ3n) is 3.24. The molecule has 0 amide bonds. The Morgan fingerprint density at radius 2 is 1.91 bits per heavy atom. The largest absolute Gasteiger partial charge is 0.340 e. The second kappa shape index (κ2) is 6.32. The van der Waals surface area contributed by atoms with E-state index < -0.39 is 4.92 Å². The molecule has 116 valence electrons. The minimum atomic E-state index is -0.432. The Kier molecular flexibility index (Phi) is 4.40. The standard InChI is InChI=1S/C14H11ClN4O2P2/c15-9-3-7(1-2-12(9)22)18-14-8-4-11(19(20)21)13(23)5-10(8)16-6-17-14/h1-6H,22-23H2,(H,16,17,18). The molecule has 0 bridgehead atoms. The second-order valence-electron chi connectivity index (χ2n) is 4.77. The number of nitro benzene ring substituents is 1. The van der Waals surface area contributed by atoms with Gasteiger partial charge in [-0.2, -0.15) is 0 Å². The number of benzene rings is 2. The van der Waals surface area contributed by atoms with Crippen molar-refractivity contribution in [1.29, 1.82) is 0 Å². The summed E-state index contributed by atoms with van der Waals surface area (Å²) in [6.45, 7) is 0. The Morgan fingerprint density at radius 1 is 1.13 bits per heavy atom. The maximum absolute atomic E-state index is 11.1. The van der Waals surface area contributed by atoms with Gasteiger partial charge in [-0.3, -0.25) is 10.1 Å². The highest BCUT2D eigenvalue weighted by Gasteiger charge is 2.15. The monoisotopic (exact) mass is 364 g/mol. The maximum atomic E-state index is 11.1. The summed E-state index contributed by atoms with van der Waals surface area (Å²) in [6.07, 6.45) is 1.41. The highest BCUT2D eigenvalue weighted by molar-refractivity contribution is 7.28. The predicted molar refractivity (Wildman–Crippen MR) is 99.6 cm³/mol. The molecule has 23 heavy (non-hydrogen) atoms. The lowest BCUT2D eigenvalue weighted by Gasteiger charge is -2.10. The van der Waals surface area contributed by atoms with Gasteiger partial charge in [-0.15, -0.1) is 9.24 Å². The number of nitrogens with one attached hydrogen (secondary N) is 1. The van der Waals surface area contributed by atoms with Gasteiger partial charge in [0.2, 0.25) is 0 Å². The van der Waals surface area contributed by atoms with Gasteiger partial charge in [0.25, 0.3) is 5.69 Å². The minimum absolute atomic E-state index is 0.00121. The average Bonchev–Trinajstić information content (AvgIpc) is 2.50. The van der Waals surface area contributed by atoms with Gasteiger partial charge < -0.3 is 5.32 Å². The first-order valence-electron chi connectivity index (χ1n) is 6.46. The van der Waals surface area contributed by atoms with Crippen LogP contribution in [0, 0.1) is 10.1 Å². The summed E-state index contributed by atoms with van der Waals surface area (Å²) in [4.78, 5) is 19.0. The highest BCUT2D eigenvalue weighted by Crippen LogP contribution is 2.27. The number of hydrogen-bond acceptors (Lipinski definition) is 5. The molecular formula is C14H11ClN4O2P2. The third kappa shape index (κ3) is 3.25. The van der Waals surface area contributed by atoms with Crippen molar-refractivity contribution in [3.05, 3.63) is 51.8 Å². The molecule has 2 unspecified atom stereocenters. The smallest absolute Gasteiger partial charge is 0.277 e. The van der Waals surface area contributed by atoms with Crippen LogP contribution in [0.3, 0.4) is 0 Å². The maximum Gasteiger partial charge on any atom is 0.277 e. The Balaban J connectivity index is 2.11. The fourth-order valence-corrected chi connectivity index (χ4v) is 2.81. The van der Waals surface area contributed by atoms with Crippen LogP contribution in [0.25, 0.3) is 10.9 Å². The van der Waals surface area contributed by atoms with Crippen LogP contribution >= 0.6 is 30.1 Å². The van der Waals surface area contributed by atoms with Crippen molar-refractivity contribution in [2.45, 2.75) is 0 Å². The summed E-state index contributed by atoms with van der Waals surface area (Å²) >= 11 is 6.10. The van der Waals surface area contributed by atoms with E-state index >= 15 is 0 Å². The number of halogens is 1. The van der Waals surface area contributed by atoms with E-state index in [1.165, 1.54) is 12.4 Å². The van der Waals surface area contributed by atoms with Crippen LogP contribution in [-0.2, 0) is 0 Å². The van der Waals surface area contributed by atoms with E-state index in [1.54, 1.807) is 12.1 Å². The van der Waals surface area contributed by atoms with Gasteiger partial charge in [0.15, 0.2) is 0 Å². The van der Waals surface area contributed by atoms with Crippen LogP contribution in [0.4, 0.5) is 17.2 Å². The van der Waals surface area contributed by atoms with Gasteiger partial charge in [-0.05, 0) is 23.5 Å². The molecule has 1 N–H and O–H groups in total. The minimum Gasteiger partial charge on any atom is -0.340 e. The predicted octanol–water partition coefficient (Wildman–Crippen LogP) is 2.94. The van der Waals surface area contributed by atoms with Crippen molar-refractivity contribution in [1.82, 2.24) is 9.97 Å². The molecule has 2 atom stereocenters. The van der Waals surface area contributed by atoms with Gasteiger partial charge in [0.1, 0.15) is 12.1 Å². The molecule has 0 spiro atoms. The number of hydrogen-bond donors (Lipinski definition) is 1.